The van der Waals surface area contributed by atoms with Gasteiger partial charge in [-0.1, -0.05) is 24.3 Å². The first-order valence-electron chi connectivity index (χ1n) is 7.33. The Labute approximate surface area is 142 Å². The molecule has 0 aliphatic carbocycles. The zero-order valence-electron chi connectivity index (χ0n) is 13.0. The third-order valence-corrected chi connectivity index (χ3v) is 3.38. The van der Waals surface area contributed by atoms with Crippen molar-refractivity contribution in [2.45, 2.75) is 12.8 Å². The van der Waals surface area contributed by atoms with Crippen LogP contribution in [0.5, 0.6) is 5.75 Å². The number of ketones is 1. The van der Waals surface area contributed by atoms with E-state index in [0.717, 1.165) is 21.7 Å². The molecule has 0 saturated carbocycles. The van der Waals surface area contributed by atoms with Crippen molar-refractivity contribution in [2.75, 3.05) is 0 Å². The number of carboxylic acid groups (broad SMARTS) is 2. The monoisotopic (exact) mass is 341 g/mol. The first-order valence-corrected chi connectivity index (χ1v) is 7.33. The van der Waals surface area contributed by atoms with Gasteiger partial charge in [0.2, 0.25) is 5.78 Å². The fourth-order valence-corrected chi connectivity index (χ4v) is 2.17. The van der Waals surface area contributed by atoms with Gasteiger partial charge in [0.25, 0.3) is 0 Å². The van der Waals surface area contributed by atoms with Gasteiger partial charge in [-0.25, -0.2) is 4.79 Å². The molecule has 0 aliphatic heterocycles. The normalized spacial score (nSPS) is 10.1. The molecule has 0 aliphatic rings. The standard InChI is InChI=1S/C13H9NO.C5H6O5/c15-10-5-6-13-12(7-10)11-4-2-1-3-9(11)8-14-13;6-3(5(9)10)1-2-4(7)8/h1-8,15H;1-2H2,(H,7,8)(H,9,10). The number of carbonyl (C=O) groups excluding carboxylic acids is 1. The molecule has 0 fully saturated rings. The van der Waals surface area contributed by atoms with Crippen molar-refractivity contribution >= 4 is 39.4 Å². The molecule has 7 heteroatoms. The lowest BCUT2D eigenvalue weighted by atomic mass is 10.1. The molecule has 0 saturated heterocycles. The van der Waals surface area contributed by atoms with Crippen LogP contribution >= 0.6 is 0 Å². The molecular weight excluding hydrogens is 326 g/mol. The van der Waals surface area contributed by atoms with Crippen molar-refractivity contribution in [1.82, 2.24) is 4.98 Å². The number of phenolic OH excluding ortho intramolecular Hbond substituents is 1. The Morgan fingerprint density at radius 1 is 0.920 bits per heavy atom. The number of carbonyl (C=O) groups is 3. The van der Waals surface area contributed by atoms with Crippen molar-refractivity contribution < 1.29 is 29.7 Å². The summed E-state index contributed by atoms with van der Waals surface area (Å²) in [6.45, 7) is 0. The number of aromatic nitrogens is 1. The lowest BCUT2D eigenvalue weighted by Gasteiger charge is -2.02. The highest BCUT2D eigenvalue weighted by molar-refractivity contribution is 6.32. The Bertz CT molecular complexity index is 951. The number of aromatic hydroxyl groups is 1. The molecule has 3 aromatic rings. The maximum absolute atomic E-state index is 10.2. The molecule has 0 radical (unpaired) electrons. The average Bonchev–Trinajstić information content (AvgIpc) is 2.60. The highest BCUT2D eigenvalue weighted by Gasteiger charge is 2.12. The number of rotatable bonds is 4. The summed E-state index contributed by atoms with van der Waals surface area (Å²) in [7, 11) is 0. The van der Waals surface area contributed by atoms with E-state index in [4.69, 9.17) is 10.2 Å². The Kier molecular flexibility index (Phi) is 5.62. The predicted octanol–water partition coefficient (Wildman–Crippen LogP) is 2.60. The molecule has 3 rings (SSSR count). The fraction of sp³-hybridized carbons (Fsp3) is 0.111. The van der Waals surface area contributed by atoms with E-state index in [2.05, 4.69) is 4.98 Å². The van der Waals surface area contributed by atoms with Crippen LogP contribution in [-0.4, -0.2) is 38.0 Å². The van der Waals surface area contributed by atoms with E-state index in [1.165, 1.54) is 0 Å². The molecule has 0 unspecified atom stereocenters. The summed E-state index contributed by atoms with van der Waals surface area (Å²) < 4.78 is 0. The molecule has 0 bridgehead atoms. The van der Waals surface area contributed by atoms with Crippen LogP contribution in [0.2, 0.25) is 0 Å². The largest absolute Gasteiger partial charge is 0.508 e. The minimum Gasteiger partial charge on any atom is -0.508 e. The Morgan fingerprint density at radius 3 is 2.32 bits per heavy atom. The van der Waals surface area contributed by atoms with Gasteiger partial charge in [-0.2, -0.15) is 0 Å². The SMILES string of the molecule is O=C(O)CCC(=O)C(=O)O.Oc1ccc2ncc3ccccc3c2c1. The number of carboxylic acids is 2. The predicted molar refractivity (Wildman–Crippen MR) is 90.4 cm³/mol. The number of Topliss-reactive ketones (excluding diaryl/α,β-unsaturated/α-hetero) is 1. The van der Waals surface area contributed by atoms with E-state index >= 15 is 0 Å². The molecule has 3 N–H and O–H groups in total. The van der Waals surface area contributed by atoms with Gasteiger partial charge in [-0.15, -0.1) is 0 Å². The molecule has 7 nitrogen and oxygen atoms in total. The van der Waals surface area contributed by atoms with Gasteiger partial charge < -0.3 is 15.3 Å². The van der Waals surface area contributed by atoms with Crippen molar-refractivity contribution in [3.05, 3.63) is 48.7 Å². The van der Waals surface area contributed by atoms with E-state index in [1.54, 1.807) is 12.1 Å². The minimum absolute atomic E-state index is 0.278. The van der Waals surface area contributed by atoms with Gasteiger partial charge in [0.15, 0.2) is 0 Å². The second-order valence-electron chi connectivity index (χ2n) is 5.17. The van der Waals surface area contributed by atoms with Crippen LogP contribution in [0, 0.1) is 0 Å². The quantitative estimate of drug-likeness (QED) is 0.492. The first kappa shape index (κ1) is 17.9. The number of aliphatic carboxylic acids is 2. The topological polar surface area (TPSA) is 125 Å². The number of hydrogen-bond donors (Lipinski definition) is 3. The Hall–Kier alpha value is -3.48. The van der Waals surface area contributed by atoms with Gasteiger partial charge >= 0.3 is 11.9 Å². The van der Waals surface area contributed by atoms with Gasteiger partial charge in [-0.05, 0) is 23.6 Å². The van der Waals surface area contributed by atoms with Gasteiger partial charge in [0, 0.05) is 23.4 Å². The Morgan fingerprint density at radius 2 is 1.64 bits per heavy atom. The fourth-order valence-electron chi connectivity index (χ4n) is 2.17. The van der Waals surface area contributed by atoms with E-state index in [0.29, 0.717) is 0 Å². The van der Waals surface area contributed by atoms with E-state index < -0.39 is 30.6 Å². The summed E-state index contributed by atoms with van der Waals surface area (Å²) in [5.74, 6) is -3.54. The Balaban J connectivity index is 0.000000199. The van der Waals surface area contributed by atoms with Crippen LogP contribution in [0.1, 0.15) is 12.8 Å². The molecular formula is C18H15NO6. The zero-order chi connectivity index (χ0) is 18.4. The maximum Gasteiger partial charge on any atom is 0.372 e. The van der Waals surface area contributed by atoms with Crippen LogP contribution in [0.4, 0.5) is 0 Å². The van der Waals surface area contributed by atoms with Crippen LogP contribution in [0.3, 0.4) is 0 Å². The minimum atomic E-state index is -1.58. The first-order chi connectivity index (χ1) is 11.9. The molecule has 0 atom stereocenters. The number of benzene rings is 2. The van der Waals surface area contributed by atoms with Crippen LogP contribution in [0.25, 0.3) is 21.7 Å². The third-order valence-electron chi connectivity index (χ3n) is 3.38. The number of pyridine rings is 1. The van der Waals surface area contributed by atoms with Gasteiger partial charge in [0.1, 0.15) is 5.75 Å². The molecule has 1 aromatic heterocycles. The second kappa shape index (κ2) is 7.87. The highest BCUT2D eigenvalue weighted by Crippen LogP contribution is 2.25. The van der Waals surface area contributed by atoms with E-state index in [-0.39, 0.29) is 5.75 Å². The van der Waals surface area contributed by atoms with Crippen molar-refractivity contribution in [3.8, 4) is 5.75 Å². The average molecular weight is 341 g/mol. The summed E-state index contributed by atoms with van der Waals surface area (Å²) in [5.41, 5.74) is 0.909. The lowest BCUT2D eigenvalue weighted by molar-refractivity contribution is -0.149. The third kappa shape index (κ3) is 4.74. The summed E-state index contributed by atoms with van der Waals surface area (Å²) in [4.78, 5) is 34.1. The summed E-state index contributed by atoms with van der Waals surface area (Å²) in [5, 5.41) is 28.6. The summed E-state index contributed by atoms with van der Waals surface area (Å²) >= 11 is 0. The van der Waals surface area contributed by atoms with Crippen LogP contribution < -0.4 is 0 Å². The number of hydrogen-bond acceptors (Lipinski definition) is 5. The lowest BCUT2D eigenvalue weighted by Crippen LogP contribution is -2.13. The molecule has 1 heterocycles. The number of nitrogens with zero attached hydrogens (tertiary/aromatic N) is 1. The molecule has 0 amide bonds. The number of fused-ring (bicyclic) bond motifs is 3. The summed E-state index contributed by atoms with van der Waals surface area (Å²) in [6, 6.07) is 13.3. The van der Waals surface area contributed by atoms with Crippen molar-refractivity contribution in [2.24, 2.45) is 0 Å². The van der Waals surface area contributed by atoms with Crippen molar-refractivity contribution in [1.29, 1.82) is 0 Å². The van der Waals surface area contributed by atoms with Gasteiger partial charge in [-0.3, -0.25) is 14.6 Å². The zero-order valence-corrected chi connectivity index (χ0v) is 13.0. The number of phenols is 1. The van der Waals surface area contributed by atoms with Crippen molar-refractivity contribution in [3.63, 3.8) is 0 Å². The molecule has 128 valence electrons. The smallest absolute Gasteiger partial charge is 0.372 e. The van der Waals surface area contributed by atoms with E-state index in [1.807, 2.05) is 36.5 Å². The molecule has 0 spiro atoms. The highest BCUT2D eigenvalue weighted by atomic mass is 16.4. The van der Waals surface area contributed by atoms with Crippen LogP contribution in [0.15, 0.2) is 48.7 Å². The van der Waals surface area contributed by atoms with E-state index in [9.17, 15) is 19.5 Å². The molecule has 2 aromatic carbocycles. The summed E-state index contributed by atoms with van der Waals surface area (Å²) in [6.07, 6.45) is 0.991. The van der Waals surface area contributed by atoms with Gasteiger partial charge in [0.05, 0.1) is 11.9 Å². The second-order valence-corrected chi connectivity index (χ2v) is 5.17. The maximum atomic E-state index is 10.2. The molecule has 25 heavy (non-hydrogen) atoms. The van der Waals surface area contributed by atoms with Crippen LogP contribution in [-0.2, 0) is 14.4 Å².